The molecule has 112 valence electrons. The number of hydrogen-bond donors (Lipinski definition) is 2. The molecule has 0 aliphatic carbocycles. The number of pyridine rings is 1. The normalized spacial score (nSPS) is 11.3. The van der Waals surface area contributed by atoms with Gasteiger partial charge in [0, 0.05) is 25.4 Å². The molecule has 0 atom stereocenters. The van der Waals surface area contributed by atoms with E-state index < -0.39 is 10.0 Å². The maximum Gasteiger partial charge on any atom is 0.241 e. The zero-order valence-corrected chi connectivity index (χ0v) is 12.7. The Hall–Kier alpha value is -1.92. The van der Waals surface area contributed by atoms with E-state index >= 15 is 0 Å². The first kappa shape index (κ1) is 15.5. The lowest BCUT2D eigenvalue weighted by molar-refractivity contribution is 0.581. The van der Waals surface area contributed by atoms with Crippen molar-refractivity contribution in [3.8, 4) is 0 Å². The van der Waals surface area contributed by atoms with Crippen molar-refractivity contribution < 1.29 is 8.42 Å². The van der Waals surface area contributed by atoms with Crippen molar-refractivity contribution in [2.75, 3.05) is 11.9 Å². The molecule has 0 amide bonds. The van der Waals surface area contributed by atoms with Crippen LogP contribution in [-0.2, 0) is 16.6 Å². The van der Waals surface area contributed by atoms with E-state index in [0.717, 1.165) is 18.5 Å². The summed E-state index contributed by atoms with van der Waals surface area (Å²) in [4.78, 5) is 4.32. The van der Waals surface area contributed by atoms with E-state index in [1.165, 1.54) is 12.3 Å². The maximum atomic E-state index is 12.3. The highest BCUT2D eigenvalue weighted by molar-refractivity contribution is 7.89. The van der Waals surface area contributed by atoms with Crippen LogP contribution in [-0.4, -0.2) is 19.9 Å². The molecule has 0 aliphatic rings. The zero-order chi connectivity index (χ0) is 15.1. The first-order valence-electron chi connectivity index (χ1n) is 6.85. The Morgan fingerprint density at radius 1 is 1.14 bits per heavy atom. The van der Waals surface area contributed by atoms with Crippen molar-refractivity contribution in [1.82, 2.24) is 9.71 Å². The van der Waals surface area contributed by atoms with Crippen molar-refractivity contribution in [2.24, 2.45) is 0 Å². The van der Waals surface area contributed by atoms with Crippen LogP contribution >= 0.6 is 0 Å². The van der Waals surface area contributed by atoms with Gasteiger partial charge in [0.2, 0.25) is 10.0 Å². The summed E-state index contributed by atoms with van der Waals surface area (Å²) in [5, 5.41) is 3.08. The van der Waals surface area contributed by atoms with Gasteiger partial charge in [0.15, 0.2) is 0 Å². The summed E-state index contributed by atoms with van der Waals surface area (Å²) in [6.07, 6.45) is 2.44. The molecule has 0 fully saturated rings. The largest absolute Gasteiger partial charge is 0.370 e. The lowest BCUT2D eigenvalue weighted by atomic mass is 10.2. The molecule has 21 heavy (non-hydrogen) atoms. The Balaban J connectivity index is 2.08. The van der Waals surface area contributed by atoms with Gasteiger partial charge < -0.3 is 5.32 Å². The Bertz CT molecular complexity index is 672. The van der Waals surface area contributed by atoms with E-state index in [1.807, 2.05) is 37.3 Å². The standard InChI is InChI=1S/C15H19N3O2S/c1-2-9-16-15-11-14(8-10-17-15)21(19,20)18-12-13-6-4-3-5-7-13/h3-8,10-11,18H,2,9,12H2,1H3,(H,16,17). The van der Waals surface area contributed by atoms with Crippen LogP contribution in [0.15, 0.2) is 53.6 Å². The van der Waals surface area contributed by atoms with Crippen molar-refractivity contribution >= 4 is 15.8 Å². The van der Waals surface area contributed by atoms with Crippen LogP contribution in [0.5, 0.6) is 0 Å². The van der Waals surface area contributed by atoms with Gasteiger partial charge in [0.25, 0.3) is 0 Å². The molecule has 0 bridgehead atoms. The van der Waals surface area contributed by atoms with Gasteiger partial charge in [-0.25, -0.2) is 18.1 Å². The highest BCUT2D eigenvalue weighted by Gasteiger charge is 2.14. The zero-order valence-electron chi connectivity index (χ0n) is 11.9. The van der Waals surface area contributed by atoms with Crippen molar-refractivity contribution in [2.45, 2.75) is 24.8 Å². The van der Waals surface area contributed by atoms with Crippen molar-refractivity contribution in [3.63, 3.8) is 0 Å². The topological polar surface area (TPSA) is 71.1 Å². The number of nitrogens with one attached hydrogen (secondary N) is 2. The summed E-state index contributed by atoms with van der Waals surface area (Å²) >= 11 is 0. The fourth-order valence-corrected chi connectivity index (χ4v) is 2.82. The van der Waals surface area contributed by atoms with Crippen LogP contribution in [0.4, 0.5) is 5.82 Å². The molecule has 2 rings (SSSR count). The van der Waals surface area contributed by atoms with E-state index in [4.69, 9.17) is 0 Å². The fourth-order valence-electron chi connectivity index (χ4n) is 1.79. The molecule has 2 aromatic rings. The van der Waals surface area contributed by atoms with E-state index in [2.05, 4.69) is 15.0 Å². The number of nitrogens with zero attached hydrogens (tertiary/aromatic N) is 1. The molecule has 6 heteroatoms. The summed E-state index contributed by atoms with van der Waals surface area (Å²) in [5.74, 6) is 0.569. The molecule has 0 saturated heterocycles. The molecule has 5 nitrogen and oxygen atoms in total. The van der Waals surface area contributed by atoms with E-state index in [1.54, 1.807) is 6.07 Å². The number of sulfonamides is 1. The third-order valence-corrected chi connectivity index (χ3v) is 4.31. The summed E-state index contributed by atoms with van der Waals surface area (Å²) < 4.78 is 27.1. The monoisotopic (exact) mass is 305 g/mol. The van der Waals surface area contributed by atoms with E-state index in [-0.39, 0.29) is 11.4 Å². The van der Waals surface area contributed by atoms with Gasteiger partial charge in [0.1, 0.15) is 5.82 Å². The molecular formula is C15H19N3O2S. The van der Waals surface area contributed by atoms with Gasteiger partial charge in [-0.15, -0.1) is 0 Å². The molecule has 1 heterocycles. The highest BCUT2D eigenvalue weighted by Crippen LogP contribution is 2.13. The second-order valence-corrected chi connectivity index (χ2v) is 6.38. The van der Waals surface area contributed by atoms with Gasteiger partial charge in [-0.05, 0) is 18.1 Å². The summed E-state index contributed by atoms with van der Waals surface area (Å²) in [6, 6.07) is 12.4. The molecule has 0 spiro atoms. The third kappa shape index (κ3) is 4.54. The number of hydrogen-bond acceptors (Lipinski definition) is 4. The Labute approximate surface area is 125 Å². The van der Waals surface area contributed by atoms with E-state index in [9.17, 15) is 8.42 Å². The predicted molar refractivity (Wildman–Crippen MR) is 83.5 cm³/mol. The molecule has 0 saturated carbocycles. The second-order valence-electron chi connectivity index (χ2n) is 4.61. The molecule has 0 aliphatic heterocycles. The van der Waals surface area contributed by atoms with Crippen molar-refractivity contribution in [3.05, 3.63) is 54.2 Å². The molecule has 1 aromatic heterocycles. The number of anilines is 1. The molecule has 0 unspecified atom stereocenters. The van der Waals surface area contributed by atoms with Crippen LogP contribution in [0.2, 0.25) is 0 Å². The smallest absolute Gasteiger partial charge is 0.241 e. The first-order valence-corrected chi connectivity index (χ1v) is 8.33. The summed E-state index contributed by atoms with van der Waals surface area (Å²) in [5.41, 5.74) is 0.916. The quantitative estimate of drug-likeness (QED) is 0.824. The van der Waals surface area contributed by atoms with Gasteiger partial charge in [0.05, 0.1) is 4.90 Å². The molecule has 0 radical (unpaired) electrons. The van der Waals surface area contributed by atoms with Crippen LogP contribution in [0.25, 0.3) is 0 Å². The maximum absolute atomic E-state index is 12.3. The summed E-state index contributed by atoms with van der Waals surface area (Å²) in [7, 11) is -3.54. The Kier molecular flexibility index (Phi) is 5.30. The lowest BCUT2D eigenvalue weighted by Gasteiger charge is -2.09. The van der Waals surface area contributed by atoms with Gasteiger partial charge in [-0.3, -0.25) is 0 Å². The number of rotatable bonds is 7. The highest BCUT2D eigenvalue weighted by atomic mass is 32.2. The SMILES string of the molecule is CCCNc1cc(S(=O)(=O)NCc2ccccc2)ccn1. The Morgan fingerprint density at radius 3 is 2.62 bits per heavy atom. The minimum atomic E-state index is -3.54. The summed E-state index contributed by atoms with van der Waals surface area (Å²) in [6.45, 7) is 3.06. The van der Waals surface area contributed by atoms with Gasteiger partial charge in [-0.1, -0.05) is 37.3 Å². The molecular weight excluding hydrogens is 286 g/mol. The van der Waals surface area contributed by atoms with Crippen LogP contribution in [0, 0.1) is 0 Å². The minimum Gasteiger partial charge on any atom is -0.370 e. The molecule has 1 aromatic carbocycles. The lowest BCUT2D eigenvalue weighted by Crippen LogP contribution is -2.23. The third-order valence-electron chi connectivity index (χ3n) is 2.91. The van der Waals surface area contributed by atoms with Crippen LogP contribution < -0.4 is 10.0 Å². The minimum absolute atomic E-state index is 0.215. The van der Waals surface area contributed by atoms with Gasteiger partial charge >= 0.3 is 0 Å². The van der Waals surface area contributed by atoms with Crippen molar-refractivity contribution in [1.29, 1.82) is 0 Å². The van der Waals surface area contributed by atoms with Crippen LogP contribution in [0.3, 0.4) is 0 Å². The number of benzene rings is 1. The first-order chi connectivity index (χ1) is 10.1. The second kappa shape index (κ2) is 7.19. The number of aromatic nitrogens is 1. The van der Waals surface area contributed by atoms with Crippen LogP contribution in [0.1, 0.15) is 18.9 Å². The average Bonchev–Trinajstić information content (AvgIpc) is 2.52. The van der Waals surface area contributed by atoms with E-state index in [0.29, 0.717) is 5.82 Å². The van der Waals surface area contributed by atoms with Gasteiger partial charge in [-0.2, -0.15) is 0 Å². The average molecular weight is 305 g/mol. The fraction of sp³-hybridized carbons (Fsp3) is 0.267. The predicted octanol–water partition coefficient (Wildman–Crippen LogP) is 2.38. The Morgan fingerprint density at radius 2 is 1.90 bits per heavy atom. The molecule has 2 N–H and O–H groups in total.